The van der Waals surface area contributed by atoms with Gasteiger partial charge in [0.05, 0.1) is 0 Å². The normalized spacial score (nSPS) is 12.2. The number of nitrogens with zero attached hydrogens (tertiary/aromatic N) is 1. The molecule has 0 heterocycles. The summed E-state index contributed by atoms with van der Waals surface area (Å²) in [6.45, 7) is 0.865. The van der Waals surface area contributed by atoms with Crippen LogP contribution in [0.2, 0.25) is 0 Å². The molecule has 2 aromatic rings. The van der Waals surface area contributed by atoms with Crippen molar-refractivity contribution in [2.45, 2.75) is 12.5 Å². The van der Waals surface area contributed by atoms with Crippen molar-refractivity contribution in [2.75, 3.05) is 25.5 Å². The Kier molecular flexibility index (Phi) is 5.13. The molecule has 0 fully saturated rings. The van der Waals surface area contributed by atoms with Crippen LogP contribution in [0, 0.1) is 5.82 Å². The zero-order chi connectivity index (χ0) is 14.4. The molecule has 2 nitrogen and oxygen atoms in total. The summed E-state index contributed by atoms with van der Waals surface area (Å²) in [6, 6.07) is 17.2. The van der Waals surface area contributed by atoms with Crippen LogP contribution in [0.15, 0.2) is 54.6 Å². The number of halogens is 1. The molecule has 0 aliphatic rings. The summed E-state index contributed by atoms with van der Waals surface area (Å²) >= 11 is 0. The summed E-state index contributed by atoms with van der Waals surface area (Å²) in [4.78, 5) is 2.19. The number of benzene rings is 2. The maximum atomic E-state index is 13.8. The molecule has 0 aliphatic carbocycles. The molecule has 0 radical (unpaired) electrons. The van der Waals surface area contributed by atoms with Crippen LogP contribution < -0.4 is 10.2 Å². The molecule has 3 heteroatoms. The molecule has 1 atom stereocenters. The Bertz CT molecular complexity index is 528. The van der Waals surface area contributed by atoms with E-state index in [-0.39, 0.29) is 11.9 Å². The largest absolute Gasteiger partial charge is 0.375 e. The van der Waals surface area contributed by atoms with Gasteiger partial charge in [0, 0.05) is 30.9 Å². The van der Waals surface area contributed by atoms with Crippen molar-refractivity contribution in [1.82, 2.24) is 5.32 Å². The topological polar surface area (TPSA) is 15.3 Å². The maximum Gasteiger partial charge on any atom is 0.127 e. The van der Waals surface area contributed by atoms with Crippen LogP contribution in [0.5, 0.6) is 0 Å². The molecule has 0 aliphatic heterocycles. The fraction of sp³-hybridized carbons (Fsp3) is 0.294. The predicted octanol–water partition coefficient (Wildman–Crippen LogP) is 3.61. The first kappa shape index (κ1) is 14.5. The lowest BCUT2D eigenvalue weighted by Crippen LogP contribution is -2.25. The van der Waals surface area contributed by atoms with Gasteiger partial charge in [-0.05, 0) is 31.7 Å². The molecular formula is C17H21FN2. The lowest BCUT2D eigenvalue weighted by Gasteiger charge is -2.23. The van der Waals surface area contributed by atoms with Gasteiger partial charge in [-0.3, -0.25) is 0 Å². The van der Waals surface area contributed by atoms with Crippen molar-refractivity contribution in [3.8, 4) is 0 Å². The van der Waals surface area contributed by atoms with Crippen LogP contribution in [0.25, 0.3) is 0 Å². The molecule has 0 saturated carbocycles. The SMILES string of the molecule is CNC(CCN(C)c1ccccc1)c1ccccc1F. The number of hydrogen-bond donors (Lipinski definition) is 1. The van der Waals surface area contributed by atoms with Gasteiger partial charge in [-0.1, -0.05) is 36.4 Å². The zero-order valence-corrected chi connectivity index (χ0v) is 12.0. The van der Waals surface area contributed by atoms with Gasteiger partial charge in [-0.2, -0.15) is 0 Å². The monoisotopic (exact) mass is 272 g/mol. The number of rotatable bonds is 6. The Morgan fingerprint density at radius 1 is 1.05 bits per heavy atom. The van der Waals surface area contributed by atoms with E-state index < -0.39 is 0 Å². The average Bonchev–Trinajstić information content (AvgIpc) is 2.50. The smallest absolute Gasteiger partial charge is 0.127 e. The van der Waals surface area contributed by atoms with E-state index >= 15 is 0 Å². The van der Waals surface area contributed by atoms with Crippen molar-refractivity contribution in [1.29, 1.82) is 0 Å². The highest BCUT2D eigenvalue weighted by Crippen LogP contribution is 2.21. The summed E-state index contributed by atoms with van der Waals surface area (Å²) in [5, 5.41) is 3.20. The van der Waals surface area contributed by atoms with Crippen LogP contribution in [-0.4, -0.2) is 20.6 Å². The van der Waals surface area contributed by atoms with E-state index in [2.05, 4.69) is 29.4 Å². The van der Waals surface area contributed by atoms with Crippen LogP contribution >= 0.6 is 0 Å². The van der Waals surface area contributed by atoms with E-state index in [1.165, 1.54) is 11.8 Å². The van der Waals surface area contributed by atoms with E-state index in [1.54, 1.807) is 6.07 Å². The first-order chi connectivity index (χ1) is 9.72. The minimum Gasteiger partial charge on any atom is -0.375 e. The second-order valence-corrected chi connectivity index (χ2v) is 4.91. The number of anilines is 1. The van der Waals surface area contributed by atoms with Gasteiger partial charge in [0.1, 0.15) is 5.82 Å². The lowest BCUT2D eigenvalue weighted by molar-refractivity contribution is 0.510. The second-order valence-electron chi connectivity index (χ2n) is 4.91. The molecule has 0 amide bonds. The van der Waals surface area contributed by atoms with E-state index in [0.29, 0.717) is 0 Å². The fourth-order valence-electron chi connectivity index (χ4n) is 2.35. The summed E-state index contributed by atoms with van der Waals surface area (Å²) < 4.78 is 13.8. The van der Waals surface area contributed by atoms with Gasteiger partial charge in [0.15, 0.2) is 0 Å². The Hall–Kier alpha value is -1.87. The molecule has 2 rings (SSSR count). The first-order valence-corrected chi connectivity index (χ1v) is 6.90. The number of nitrogens with one attached hydrogen (secondary N) is 1. The highest BCUT2D eigenvalue weighted by molar-refractivity contribution is 5.44. The summed E-state index contributed by atoms with van der Waals surface area (Å²) in [6.07, 6.45) is 0.850. The average molecular weight is 272 g/mol. The third-order valence-electron chi connectivity index (χ3n) is 3.58. The van der Waals surface area contributed by atoms with E-state index in [1.807, 2.05) is 37.4 Å². The Morgan fingerprint density at radius 2 is 1.70 bits per heavy atom. The molecular weight excluding hydrogens is 251 g/mol. The van der Waals surface area contributed by atoms with Crippen molar-refractivity contribution in [2.24, 2.45) is 0 Å². The molecule has 0 aromatic heterocycles. The Morgan fingerprint density at radius 3 is 2.35 bits per heavy atom. The van der Waals surface area contributed by atoms with Crippen LogP contribution in [0.1, 0.15) is 18.0 Å². The Balaban J connectivity index is 2.00. The van der Waals surface area contributed by atoms with Gasteiger partial charge in [0.2, 0.25) is 0 Å². The molecule has 106 valence electrons. The van der Waals surface area contributed by atoms with Gasteiger partial charge in [-0.25, -0.2) is 4.39 Å². The van der Waals surface area contributed by atoms with Gasteiger partial charge in [-0.15, -0.1) is 0 Å². The van der Waals surface area contributed by atoms with Crippen molar-refractivity contribution in [3.05, 3.63) is 66.0 Å². The standard InChI is InChI=1S/C17H21FN2/c1-19-17(15-10-6-7-11-16(15)18)12-13-20(2)14-8-4-3-5-9-14/h3-11,17,19H,12-13H2,1-2H3. The summed E-state index contributed by atoms with van der Waals surface area (Å²) in [5.41, 5.74) is 1.91. The van der Waals surface area contributed by atoms with Crippen LogP contribution in [-0.2, 0) is 0 Å². The molecule has 0 bridgehead atoms. The minimum atomic E-state index is -0.144. The second kappa shape index (κ2) is 7.06. The van der Waals surface area contributed by atoms with E-state index in [0.717, 1.165) is 18.5 Å². The molecule has 0 saturated heterocycles. The molecule has 1 N–H and O–H groups in total. The molecule has 0 spiro atoms. The summed E-state index contributed by atoms with van der Waals surface area (Å²) in [7, 11) is 3.93. The van der Waals surface area contributed by atoms with E-state index in [9.17, 15) is 4.39 Å². The zero-order valence-electron chi connectivity index (χ0n) is 12.0. The third kappa shape index (κ3) is 3.58. The minimum absolute atomic E-state index is 0.0300. The van der Waals surface area contributed by atoms with Crippen LogP contribution in [0.3, 0.4) is 0 Å². The molecule has 2 aromatic carbocycles. The highest BCUT2D eigenvalue weighted by atomic mass is 19.1. The van der Waals surface area contributed by atoms with Gasteiger partial charge < -0.3 is 10.2 Å². The highest BCUT2D eigenvalue weighted by Gasteiger charge is 2.14. The van der Waals surface area contributed by atoms with Crippen LogP contribution in [0.4, 0.5) is 10.1 Å². The Labute approximate surface area is 120 Å². The van der Waals surface area contributed by atoms with Gasteiger partial charge >= 0.3 is 0 Å². The van der Waals surface area contributed by atoms with E-state index in [4.69, 9.17) is 0 Å². The number of hydrogen-bond acceptors (Lipinski definition) is 2. The quantitative estimate of drug-likeness (QED) is 0.864. The molecule has 1 unspecified atom stereocenters. The lowest BCUT2D eigenvalue weighted by atomic mass is 10.0. The predicted molar refractivity (Wildman–Crippen MR) is 82.5 cm³/mol. The van der Waals surface area contributed by atoms with Crippen molar-refractivity contribution in [3.63, 3.8) is 0 Å². The van der Waals surface area contributed by atoms with Crippen molar-refractivity contribution >= 4 is 5.69 Å². The third-order valence-corrected chi connectivity index (χ3v) is 3.58. The first-order valence-electron chi connectivity index (χ1n) is 6.90. The maximum absolute atomic E-state index is 13.8. The fourth-order valence-corrected chi connectivity index (χ4v) is 2.35. The van der Waals surface area contributed by atoms with Gasteiger partial charge in [0.25, 0.3) is 0 Å². The molecule has 20 heavy (non-hydrogen) atoms. The summed E-state index contributed by atoms with van der Waals surface area (Å²) in [5.74, 6) is -0.144. The van der Waals surface area contributed by atoms with Crippen molar-refractivity contribution < 1.29 is 4.39 Å². The number of para-hydroxylation sites is 1.